The SMILES string of the molecule is CCNC(=O)CN(CC)c1nc(NC)c(Cl)cc1Cl. The summed E-state index contributed by atoms with van der Waals surface area (Å²) in [7, 11) is 1.73. The lowest BCUT2D eigenvalue weighted by Crippen LogP contribution is -2.37. The Balaban J connectivity index is 3.00. The number of aromatic nitrogens is 1. The number of hydrogen-bond acceptors (Lipinski definition) is 4. The molecular formula is C12H18Cl2N4O. The van der Waals surface area contributed by atoms with Crippen molar-refractivity contribution >= 4 is 40.7 Å². The van der Waals surface area contributed by atoms with Gasteiger partial charge in [-0.1, -0.05) is 23.2 Å². The number of likely N-dealkylation sites (N-methyl/N-ethyl adjacent to an activating group) is 2. The summed E-state index contributed by atoms with van der Waals surface area (Å²) in [6, 6.07) is 1.62. The summed E-state index contributed by atoms with van der Waals surface area (Å²) in [4.78, 5) is 17.8. The lowest BCUT2D eigenvalue weighted by molar-refractivity contribution is -0.119. The predicted octanol–water partition coefficient (Wildman–Crippen LogP) is 2.39. The van der Waals surface area contributed by atoms with Crippen LogP contribution in [0.2, 0.25) is 10.0 Å². The average molecular weight is 305 g/mol. The Bertz CT molecular complexity index is 454. The lowest BCUT2D eigenvalue weighted by atomic mass is 10.3. The van der Waals surface area contributed by atoms with Crippen LogP contribution in [-0.4, -0.2) is 37.6 Å². The number of hydrogen-bond donors (Lipinski definition) is 2. The highest BCUT2D eigenvalue weighted by atomic mass is 35.5. The van der Waals surface area contributed by atoms with E-state index in [2.05, 4.69) is 15.6 Å². The maximum absolute atomic E-state index is 11.7. The Morgan fingerprint density at radius 2 is 2.05 bits per heavy atom. The summed E-state index contributed by atoms with van der Waals surface area (Å²) in [5.74, 6) is 1.02. The molecule has 0 spiro atoms. The topological polar surface area (TPSA) is 57.3 Å². The highest BCUT2D eigenvalue weighted by Crippen LogP contribution is 2.31. The molecule has 19 heavy (non-hydrogen) atoms. The van der Waals surface area contributed by atoms with Gasteiger partial charge in [0.15, 0.2) is 0 Å². The van der Waals surface area contributed by atoms with E-state index in [1.165, 1.54) is 0 Å². The van der Waals surface area contributed by atoms with Gasteiger partial charge in [-0.2, -0.15) is 0 Å². The van der Waals surface area contributed by atoms with Crippen LogP contribution in [0, 0.1) is 0 Å². The molecule has 106 valence electrons. The van der Waals surface area contributed by atoms with Gasteiger partial charge in [0.05, 0.1) is 16.6 Å². The molecule has 1 rings (SSSR count). The van der Waals surface area contributed by atoms with Gasteiger partial charge in [0, 0.05) is 20.1 Å². The van der Waals surface area contributed by atoms with Crippen molar-refractivity contribution in [1.29, 1.82) is 0 Å². The fraction of sp³-hybridized carbons (Fsp3) is 0.500. The predicted molar refractivity (Wildman–Crippen MR) is 80.4 cm³/mol. The maximum Gasteiger partial charge on any atom is 0.239 e. The molecule has 0 atom stereocenters. The third-order valence-electron chi connectivity index (χ3n) is 2.54. The monoisotopic (exact) mass is 304 g/mol. The van der Waals surface area contributed by atoms with E-state index in [-0.39, 0.29) is 12.5 Å². The van der Waals surface area contributed by atoms with Gasteiger partial charge in [-0.25, -0.2) is 4.98 Å². The zero-order valence-corrected chi connectivity index (χ0v) is 12.8. The second-order valence-electron chi connectivity index (χ2n) is 3.84. The van der Waals surface area contributed by atoms with Gasteiger partial charge < -0.3 is 15.5 Å². The van der Waals surface area contributed by atoms with Crippen molar-refractivity contribution in [2.45, 2.75) is 13.8 Å². The van der Waals surface area contributed by atoms with Crippen LogP contribution >= 0.6 is 23.2 Å². The first kappa shape index (κ1) is 15.9. The number of pyridine rings is 1. The number of carbonyl (C=O) groups excluding carboxylic acids is 1. The third kappa shape index (κ3) is 4.14. The Kier molecular flexibility index (Phi) is 6.18. The van der Waals surface area contributed by atoms with E-state index in [0.29, 0.717) is 34.8 Å². The fourth-order valence-electron chi connectivity index (χ4n) is 1.62. The molecule has 7 heteroatoms. The van der Waals surface area contributed by atoms with E-state index in [4.69, 9.17) is 23.2 Å². The first-order valence-corrected chi connectivity index (χ1v) is 6.84. The molecular weight excluding hydrogens is 287 g/mol. The van der Waals surface area contributed by atoms with Crippen molar-refractivity contribution in [3.63, 3.8) is 0 Å². The quantitative estimate of drug-likeness (QED) is 0.847. The van der Waals surface area contributed by atoms with Crippen molar-refractivity contribution in [3.8, 4) is 0 Å². The molecule has 1 heterocycles. The molecule has 5 nitrogen and oxygen atoms in total. The molecule has 0 aromatic carbocycles. The van der Waals surface area contributed by atoms with Crippen molar-refractivity contribution in [3.05, 3.63) is 16.1 Å². The molecule has 0 aliphatic carbocycles. The van der Waals surface area contributed by atoms with Crippen LogP contribution in [0.4, 0.5) is 11.6 Å². The Labute approximate surface area is 123 Å². The van der Waals surface area contributed by atoms with Gasteiger partial charge in [0.25, 0.3) is 0 Å². The highest BCUT2D eigenvalue weighted by molar-refractivity contribution is 6.37. The van der Waals surface area contributed by atoms with E-state index in [1.54, 1.807) is 18.0 Å². The lowest BCUT2D eigenvalue weighted by Gasteiger charge is -2.23. The summed E-state index contributed by atoms with van der Waals surface area (Å²) >= 11 is 12.1. The molecule has 0 radical (unpaired) electrons. The maximum atomic E-state index is 11.7. The van der Waals surface area contributed by atoms with Crippen LogP contribution in [0.1, 0.15) is 13.8 Å². The van der Waals surface area contributed by atoms with Crippen LogP contribution in [0.25, 0.3) is 0 Å². The smallest absolute Gasteiger partial charge is 0.239 e. The van der Waals surface area contributed by atoms with Gasteiger partial charge in [0.2, 0.25) is 5.91 Å². The highest BCUT2D eigenvalue weighted by Gasteiger charge is 2.16. The molecule has 0 unspecified atom stereocenters. The zero-order valence-electron chi connectivity index (χ0n) is 11.3. The van der Waals surface area contributed by atoms with Crippen LogP contribution < -0.4 is 15.5 Å². The van der Waals surface area contributed by atoms with Crippen molar-refractivity contribution in [2.24, 2.45) is 0 Å². The van der Waals surface area contributed by atoms with Gasteiger partial charge in [-0.15, -0.1) is 0 Å². The largest absolute Gasteiger partial charge is 0.372 e. The van der Waals surface area contributed by atoms with Crippen molar-refractivity contribution in [2.75, 3.05) is 36.9 Å². The van der Waals surface area contributed by atoms with Crippen LogP contribution in [0.3, 0.4) is 0 Å². The molecule has 0 fully saturated rings. The molecule has 0 aliphatic heterocycles. The van der Waals surface area contributed by atoms with E-state index in [1.807, 2.05) is 13.8 Å². The minimum atomic E-state index is -0.0665. The number of anilines is 2. The number of carbonyl (C=O) groups is 1. The normalized spacial score (nSPS) is 10.2. The van der Waals surface area contributed by atoms with Crippen molar-refractivity contribution in [1.82, 2.24) is 10.3 Å². The Hall–Kier alpha value is -1.20. The molecule has 1 amide bonds. The average Bonchev–Trinajstić information content (AvgIpc) is 2.37. The summed E-state index contributed by atoms with van der Waals surface area (Å²) in [5, 5.41) is 6.51. The summed E-state index contributed by atoms with van der Waals surface area (Å²) in [5.41, 5.74) is 0. The Morgan fingerprint density at radius 1 is 1.37 bits per heavy atom. The van der Waals surface area contributed by atoms with Crippen LogP contribution in [0.5, 0.6) is 0 Å². The molecule has 2 N–H and O–H groups in total. The van der Waals surface area contributed by atoms with E-state index in [9.17, 15) is 4.79 Å². The minimum Gasteiger partial charge on any atom is -0.372 e. The number of rotatable bonds is 6. The third-order valence-corrected chi connectivity index (χ3v) is 3.10. The number of nitrogens with one attached hydrogen (secondary N) is 2. The fourth-order valence-corrected chi connectivity index (χ4v) is 2.19. The second-order valence-corrected chi connectivity index (χ2v) is 4.66. The summed E-state index contributed by atoms with van der Waals surface area (Å²) in [6.45, 7) is 5.24. The van der Waals surface area contributed by atoms with E-state index >= 15 is 0 Å². The van der Waals surface area contributed by atoms with Gasteiger partial charge in [-0.05, 0) is 19.9 Å². The first-order valence-electron chi connectivity index (χ1n) is 6.08. The number of halogens is 2. The Morgan fingerprint density at radius 3 is 2.58 bits per heavy atom. The van der Waals surface area contributed by atoms with Gasteiger partial charge >= 0.3 is 0 Å². The second kappa shape index (κ2) is 7.40. The van der Waals surface area contributed by atoms with Crippen molar-refractivity contribution < 1.29 is 4.79 Å². The zero-order chi connectivity index (χ0) is 14.4. The van der Waals surface area contributed by atoms with Gasteiger partial charge in [-0.3, -0.25) is 4.79 Å². The standard InChI is InChI=1S/C12H18Cl2N4O/c1-4-16-10(19)7-18(5-2)12-9(14)6-8(13)11(15-3)17-12/h6H,4-5,7H2,1-3H3,(H,15,17)(H,16,19). The molecule has 0 aliphatic rings. The van der Waals surface area contributed by atoms with Crippen LogP contribution in [-0.2, 0) is 4.79 Å². The summed E-state index contributed by atoms with van der Waals surface area (Å²) < 4.78 is 0. The summed E-state index contributed by atoms with van der Waals surface area (Å²) in [6.07, 6.45) is 0. The van der Waals surface area contributed by atoms with E-state index in [0.717, 1.165) is 0 Å². The molecule has 0 saturated heterocycles. The minimum absolute atomic E-state index is 0.0665. The van der Waals surface area contributed by atoms with Crippen LogP contribution in [0.15, 0.2) is 6.07 Å². The number of amides is 1. The number of nitrogens with zero attached hydrogens (tertiary/aromatic N) is 2. The molecule has 0 bridgehead atoms. The van der Waals surface area contributed by atoms with E-state index < -0.39 is 0 Å². The molecule has 0 saturated carbocycles. The van der Waals surface area contributed by atoms with Gasteiger partial charge in [0.1, 0.15) is 11.6 Å². The molecule has 1 aromatic heterocycles. The first-order chi connectivity index (χ1) is 9.03. The molecule has 1 aromatic rings.